The number of ether oxygens (including phenoxy) is 2. The fourth-order valence-electron chi connectivity index (χ4n) is 1.55. The minimum atomic E-state index is -0.544. The number of nitrogens with one attached hydrogen (secondary N) is 2. The first-order valence-electron chi connectivity index (χ1n) is 7.93. The average molecular weight is 338 g/mol. The van der Waals surface area contributed by atoms with E-state index in [1.807, 2.05) is 13.8 Å². The molecule has 0 aliphatic rings. The summed E-state index contributed by atoms with van der Waals surface area (Å²) in [5, 5.41) is 5.29. The van der Waals surface area contributed by atoms with Crippen molar-refractivity contribution in [1.82, 2.24) is 10.6 Å². The predicted molar refractivity (Wildman–Crippen MR) is 95.5 cm³/mol. The molecule has 0 atom stereocenters. The minimum absolute atomic E-state index is 0.115. The fraction of sp³-hybridized carbons (Fsp3) is 0.556. The van der Waals surface area contributed by atoms with Gasteiger partial charge in [-0.1, -0.05) is 33.1 Å². The number of hydrogen-bond donors (Lipinski definition) is 2. The van der Waals surface area contributed by atoms with E-state index < -0.39 is 11.7 Å². The summed E-state index contributed by atoms with van der Waals surface area (Å²) >= 11 is 0. The average Bonchev–Trinajstić information content (AvgIpc) is 2.43. The molecule has 0 radical (unpaired) electrons. The lowest BCUT2D eigenvalue weighted by molar-refractivity contribution is -0.124. The quantitative estimate of drug-likeness (QED) is 0.500. The number of carbonyl (C=O) groups is 2. The van der Waals surface area contributed by atoms with Crippen molar-refractivity contribution in [2.75, 3.05) is 19.8 Å². The smallest absolute Gasteiger partial charge is 0.407 e. The first kappa shape index (κ1) is 21.9. The maximum atomic E-state index is 11.9. The van der Waals surface area contributed by atoms with Gasteiger partial charge >= 0.3 is 6.09 Å². The lowest BCUT2D eigenvalue weighted by Crippen LogP contribution is -2.35. The Morgan fingerprint density at radius 3 is 2.38 bits per heavy atom. The van der Waals surface area contributed by atoms with Crippen LogP contribution in [-0.2, 0) is 14.3 Å². The summed E-state index contributed by atoms with van der Waals surface area (Å²) in [5.41, 5.74) is 0.896. The van der Waals surface area contributed by atoms with Gasteiger partial charge in [0.25, 0.3) is 0 Å². The van der Waals surface area contributed by atoms with E-state index in [1.165, 1.54) is 0 Å². The van der Waals surface area contributed by atoms with Crippen LogP contribution >= 0.6 is 0 Å². The lowest BCUT2D eigenvalue weighted by Gasteiger charge is -2.19. The summed E-state index contributed by atoms with van der Waals surface area (Å²) in [4.78, 5) is 23.3. The van der Waals surface area contributed by atoms with Crippen LogP contribution in [0.3, 0.4) is 0 Å². The highest BCUT2D eigenvalue weighted by Crippen LogP contribution is 2.14. The van der Waals surface area contributed by atoms with Crippen LogP contribution in [0.2, 0.25) is 0 Å². The molecule has 0 fully saturated rings. The zero-order chi connectivity index (χ0) is 18.8. The van der Waals surface area contributed by atoms with Gasteiger partial charge in [-0.3, -0.25) is 4.79 Å². The van der Waals surface area contributed by atoms with E-state index in [-0.39, 0.29) is 31.6 Å². The van der Waals surface area contributed by atoms with Gasteiger partial charge in [-0.2, -0.15) is 0 Å². The molecule has 6 nitrogen and oxygen atoms in total. The highest BCUT2D eigenvalue weighted by atomic mass is 16.6. The molecule has 0 aliphatic heterocycles. The number of amides is 2. The van der Waals surface area contributed by atoms with Gasteiger partial charge in [-0.15, -0.1) is 0 Å². The van der Waals surface area contributed by atoms with E-state index in [2.05, 4.69) is 23.8 Å². The zero-order valence-corrected chi connectivity index (χ0v) is 15.4. The second-order valence-corrected chi connectivity index (χ2v) is 6.53. The van der Waals surface area contributed by atoms with Crippen molar-refractivity contribution in [3.05, 3.63) is 36.6 Å². The summed E-state index contributed by atoms with van der Waals surface area (Å²) in [7, 11) is 0. The van der Waals surface area contributed by atoms with E-state index in [9.17, 15) is 9.59 Å². The Morgan fingerprint density at radius 2 is 1.88 bits per heavy atom. The van der Waals surface area contributed by atoms with Gasteiger partial charge in [-0.05, 0) is 38.3 Å². The molecule has 0 aliphatic carbocycles. The van der Waals surface area contributed by atoms with Crippen LogP contribution in [0.15, 0.2) is 36.6 Å². The molecular weight excluding hydrogens is 308 g/mol. The van der Waals surface area contributed by atoms with Crippen molar-refractivity contribution in [2.24, 2.45) is 5.92 Å². The summed E-state index contributed by atoms with van der Waals surface area (Å²) in [5.74, 6) is -0.0855. The van der Waals surface area contributed by atoms with Crippen LogP contribution in [0.25, 0.3) is 0 Å². The van der Waals surface area contributed by atoms with Crippen molar-refractivity contribution >= 4 is 12.0 Å². The first-order valence-corrected chi connectivity index (χ1v) is 7.93. The van der Waals surface area contributed by atoms with Gasteiger partial charge in [0.2, 0.25) is 5.91 Å². The molecule has 0 spiro atoms. The SMILES string of the molecule is C=C/C=C(/NC(=O)COCCNC(=O)OC(C)(C)C)C(=C)C(C)C. The molecule has 0 aromatic carbocycles. The third kappa shape index (κ3) is 10.6. The topological polar surface area (TPSA) is 76.7 Å². The van der Waals surface area contributed by atoms with E-state index in [1.54, 1.807) is 32.9 Å². The zero-order valence-electron chi connectivity index (χ0n) is 15.4. The molecule has 0 rings (SSSR count). The molecule has 24 heavy (non-hydrogen) atoms. The molecule has 2 amide bonds. The van der Waals surface area contributed by atoms with Crippen LogP contribution in [0.1, 0.15) is 34.6 Å². The van der Waals surface area contributed by atoms with E-state index >= 15 is 0 Å². The molecule has 0 unspecified atom stereocenters. The van der Waals surface area contributed by atoms with Gasteiger partial charge in [0.1, 0.15) is 12.2 Å². The molecule has 0 aromatic heterocycles. The Balaban J connectivity index is 4.10. The van der Waals surface area contributed by atoms with Crippen molar-refractivity contribution < 1.29 is 19.1 Å². The molecule has 6 heteroatoms. The van der Waals surface area contributed by atoms with Crippen LogP contribution in [-0.4, -0.2) is 37.4 Å². The number of hydrogen-bond acceptors (Lipinski definition) is 4. The molecule has 2 N–H and O–H groups in total. The first-order chi connectivity index (χ1) is 11.1. The van der Waals surface area contributed by atoms with Crippen molar-refractivity contribution in [1.29, 1.82) is 0 Å². The highest BCUT2D eigenvalue weighted by molar-refractivity contribution is 5.80. The molecule has 0 bridgehead atoms. The Kier molecular flexibility index (Phi) is 9.73. The van der Waals surface area contributed by atoms with Crippen molar-refractivity contribution in [3.63, 3.8) is 0 Å². The number of carbonyl (C=O) groups excluding carboxylic acids is 2. The van der Waals surface area contributed by atoms with Crippen molar-refractivity contribution in [2.45, 2.75) is 40.2 Å². The summed E-state index contributed by atoms with van der Waals surface area (Å²) in [6.45, 7) is 17.3. The van der Waals surface area contributed by atoms with Gasteiger partial charge < -0.3 is 20.1 Å². The highest BCUT2D eigenvalue weighted by Gasteiger charge is 2.15. The summed E-state index contributed by atoms with van der Waals surface area (Å²) < 4.78 is 10.3. The number of allylic oxidation sites excluding steroid dienone is 3. The number of alkyl carbamates (subject to hydrolysis) is 1. The molecule has 0 heterocycles. The normalized spacial score (nSPS) is 11.8. The summed E-state index contributed by atoms with van der Waals surface area (Å²) in [6.07, 6.45) is 2.78. The Labute approximate surface area is 145 Å². The van der Waals surface area contributed by atoms with Crippen LogP contribution in [0.4, 0.5) is 4.79 Å². The maximum Gasteiger partial charge on any atom is 0.407 e. The van der Waals surface area contributed by atoms with Crippen LogP contribution in [0, 0.1) is 5.92 Å². The molecule has 0 saturated carbocycles. The molecule has 0 saturated heterocycles. The van der Waals surface area contributed by atoms with E-state index in [4.69, 9.17) is 9.47 Å². The minimum Gasteiger partial charge on any atom is -0.444 e. The second-order valence-electron chi connectivity index (χ2n) is 6.53. The molecule has 0 aromatic rings. The van der Waals surface area contributed by atoms with Crippen molar-refractivity contribution in [3.8, 4) is 0 Å². The van der Waals surface area contributed by atoms with Gasteiger partial charge in [0, 0.05) is 12.2 Å². The largest absolute Gasteiger partial charge is 0.444 e. The third-order valence-electron chi connectivity index (χ3n) is 2.75. The van der Waals surface area contributed by atoms with Gasteiger partial charge in [0.05, 0.1) is 6.61 Å². The Bertz CT molecular complexity index is 488. The maximum absolute atomic E-state index is 11.9. The molecular formula is C18H30N2O4. The predicted octanol–water partition coefficient (Wildman–Crippen LogP) is 2.93. The Hall–Kier alpha value is -2.08. The van der Waals surface area contributed by atoms with E-state index in [0.29, 0.717) is 5.70 Å². The molecule has 136 valence electrons. The van der Waals surface area contributed by atoms with Gasteiger partial charge in [-0.25, -0.2) is 4.79 Å². The third-order valence-corrected chi connectivity index (χ3v) is 2.75. The van der Waals surface area contributed by atoms with Crippen LogP contribution in [0.5, 0.6) is 0 Å². The van der Waals surface area contributed by atoms with Crippen LogP contribution < -0.4 is 10.6 Å². The van der Waals surface area contributed by atoms with E-state index in [0.717, 1.165) is 5.57 Å². The number of rotatable bonds is 9. The monoisotopic (exact) mass is 338 g/mol. The lowest BCUT2D eigenvalue weighted by atomic mass is 10.0. The standard InChI is InChI=1S/C18H30N2O4/c1-8-9-15(14(4)13(2)3)20-16(21)12-23-11-10-19-17(22)24-18(5,6)7/h8-9,13H,1,4,10-12H2,2-3,5-7H3,(H,19,22)(H,20,21)/b15-9+. The second kappa shape index (κ2) is 10.6. The fourth-order valence-corrected chi connectivity index (χ4v) is 1.55. The van der Waals surface area contributed by atoms with Gasteiger partial charge in [0.15, 0.2) is 0 Å². The summed E-state index contributed by atoms with van der Waals surface area (Å²) in [6, 6.07) is 0. The Morgan fingerprint density at radius 1 is 1.25 bits per heavy atom.